The van der Waals surface area contributed by atoms with Crippen LogP contribution in [-0.2, 0) is 14.3 Å². The molecule has 3 heterocycles. The summed E-state index contributed by atoms with van der Waals surface area (Å²) < 4.78 is 21.8. The number of hydrogen-bond acceptors (Lipinski definition) is 7. The number of carbonyl (C=O) groups is 1. The SMILES string of the molecule is C[C@@]1(CC2C=C(CO)C(=O)O2)O[C@H]1COc1ccc2ccc(=O)oc2c1. The number of rotatable bonds is 6. The first-order valence-electron chi connectivity index (χ1n) is 8.34. The summed E-state index contributed by atoms with van der Waals surface area (Å²) in [6.07, 6.45) is 1.61. The largest absolute Gasteiger partial charge is 0.491 e. The van der Waals surface area contributed by atoms with Crippen LogP contribution in [0.4, 0.5) is 0 Å². The Hall–Kier alpha value is -2.64. The van der Waals surface area contributed by atoms with E-state index in [-0.39, 0.29) is 18.3 Å². The van der Waals surface area contributed by atoms with Crippen LogP contribution in [-0.4, -0.2) is 42.1 Å². The molecule has 136 valence electrons. The van der Waals surface area contributed by atoms with Crippen LogP contribution >= 0.6 is 0 Å². The summed E-state index contributed by atoms with van der Waals surface area (Å²) in [5, 5.41) is 9.89. The number of aliphatic hydroxyl groups excluding tert-OH is 1. The summed E-state index contributed by atoms with van der Waals surface area (Å²) in [4.78, 5) is 22.8. The fourth-order valence-corrected chi connectivity index (χ4v) is 3.14. The Morgan fingerprint density at radius 2 is 2.04 bits per heavy atom. The van der Waals surface area contributed by atoms with Gasteiger partial charge in [0, 0.05) is 23.9 Å². The summed E-state index contributed by atoms with van der Waals surface area (Å²) >= 11 is 0. The summed E-state index contributed by atoms with van der Waals surface area (Å²) in [6, 6.07) is 8.37. The molecule has 1 aromatic carbocycles. The summed E-state index contributed by atoms with van der Waals surface area (Å²) in [6.45, 7) is 1.94. The first-order valence-corrected chi connectivity index (χ1v) is 8.34. The van der Waals surface area contributed by atoms with Crippen LogP contribution in [0.25, 0.3) is 11.0 Å². The number of ether oxygens (including phenoxy) is 3. The first-order chi connectivity index (χ1) is 12.5. The van der Waals surface area contributed by atoms with E-state index in [0.29, 0.717) is 24.4 Å². The van der Waals surface area contributed by atoms with Gasteiger partial charge in [0.25, 0.3) is 0 Å². The average molecular weight is 358 g/mol. The van der Waals surface area contributed by atoms with Gasteiger partial charge in [-0.2, -0.15) is 0 Å². The monoisotopic (exact) mass is 358 g/mol. The lowest BCUT2D eigenvalue weighted by atomic mass is 9.99. The maximum Gasteiger partial charge on any atom is 0.336 e. The molecule has 0 aliphatic carbocycles. The zero-order chi connectivity index (χ0) is 18.3. The molecular weight excluding hydrogens is 340 g/mol. The van der Waals surface area contributed by atoms with Gasteiger partial charge in [0.2, 0.25) is 0 Å². The number of epoxide rings is 1. The molecule has 7 nitrogen and oxygen atoms in total. The summed E-state index contributed by atoms with van der Waals surface area (Å²) in [7, 11) is 0. The molecule has 1 fully saturated rings. The minimum atomic E-state index is -0.479. The standard InChI is InChI=1S/C19H18O7/c1-19(8-14-6-12(9-20)18(22)24-14)16(26-19)10-23-13-4-2-11-3-5-17(21)25-15(11)7-13/h2-7,14,16,20H,8-10H2,1H3/t14?,16-,19-/m0/s1. The number of esters is 1. The lowest BCUT2D eigenvalue weighted by Gasteiger charge is -2.12. The molecule has 4 rings (SSSR count). The van der Waals surface area contributed by atoms with E-state index in [4.69, 9.17) is 23.7 Å². The van der Waals surface area contributed by atoms with Crippen LogP contribution < -0.4 is 10.4 Å². The van der Waals surface area contributed by atoms with Crippen molar-refractivity contribution < 1.29 is 28.5 Å². The Kier molecular flexibility index (Phi) is 4.05. The zero-order valence-electron chi connectivity index (χ0n) is 14.1. The minimum absolute atomic E-state index is 0.133. The van der Waals surface area contributed by atoms with Crippen LogP contribution in [0.3, 0.4) is 0 Å². The van der Waals surface area contributed by atoms with E-state index in [1.807, 2.05) is 13.0 Å². The number of fused-ring (bicyclic) bond motifs is 1. The third-order valence-corrected chi connectivity index (χ3v) is 4.72. The fourth-order valence-electron chi connectivity index (χ4n) is 3.14. The van der Waals surface area contributed by atoms with E-state index < -0.39 is 23.3 Å². The molecule has 2 aliphatic rings. The minimum Gasteiger partial charge on any atom is -0.491 e. The molecule has 1 N–H and O–H groups in total. The van der Waals surface area contributed by atoms with Crippen molar-refractivity contribution in [1.29, 1.82) is 0 Å². The Balaban J connectivity index is 1.35. The van der Waals surface area contributed by atoms with Gasteiger partial charge in [-0.15, -0.1) is 0 Å². The van der Waals surface area contributed by atoms with Crippen LogP contribution in [0, 0.1) is 0 Å². The second kappa shape index (κ2) is 6.26. The number of hydrogen-bond donors (Lipinski definition) is 1. The van der Waals surface area contributed by atoms with Crippen molar-refractivity contribution in [3.05, 3.63) is 52.4 Å². The van der Waals surface area contributed by atoms with E-state index in [0.717, 1.165) is 5.39 Å². The highest BCUT2D eigenvalue weighted by Crippen LogP contribution is 2.42. The van der Waals surface area contributed by atoms with E-state index in [1.54, 1.807) is 24.3 Å². The van der Waals surface area contributed by atoms with Crippen LogP contribution in [0.15, 0.2) is 51.2 Å². The Morgan fingerprint density at radius 1 is 1.23 bits per heavy atom. The lowest BCUT2D eigenvalue weighted by molar-refractivity contribution is -0.140. The topological polar surface area (TPSA) is 98.5 Å². The number of cyclic esters (lactones) is 1. The predicted molar refractivity (Wildman–Crippen MR) is 90.9 cm³/mol. The predicted octanol–water partition coefficient (Wildman–Crippen LogP) is 1.56. The molecule has 2 aliphatic heterocycles. The molecular formula is C19H18O7. The molecule has 0 saturated carbocycles. The van der Waals surface area contributed by atoms with Crippen molar-refractivity contribution >= 4 is 16.9 Å². The van der Waals surface area contributed by atoms with Crippen molar-refractivity contribution in [2.45, 2.75) is 31.2 Å². The van der Waals surface area contributed by atoms with Crippen LogP contribution in [0.2, 0.25) is 0 Å². The van der Waals surface area contributed by atoms with Gasteiger partial charge in [0.15, 0.2) is 0 Å². The highest BCUT2D eigenvalue weighted by Gasteiger charge is 2.54. The van der Waals surface area contributed by atoms with Crippen molar-refractivity contribution in [2.75, 3.05) is 13.2 Å². The molecule has 1 saturated heterocycles. The van der Waals surface area contributed by atoms with Gasteiger partial charge in [-0.05, 0) is 31.2 Å². The van der Waals surface area contributed by atoms with Crippen LogP contribution in [0.5, 0.6) is 5.75 Å². The van der Waals surface area contributed by atoms with Gasteiger partial charge in [-0.25, -0.2) is 9.59 Å². The Bertz CT molecular complexity index is 944. The normalized spacial score (nSPS) is 27.3. The van der Waals surface area contributed by atoms with E-state index in [2.05, 4.69) is 0 Å². The molecule has 2 aromatic rings. The zero-order valence-corrected chi connectivity index (χ0v) is 14.1. The molecule has 7 heteroatoms. The molecule has 1 aromatic heterocycles. The van der Waals surface area contributed by atoms with E-state index >= 15 is 0 Å². The van der Waals surface area contributed by atoms with Crippen molar-refractivity contribution in [2.24, 2.45) is 0 Å². The van der Waals surface area contributed by atoms with E-state index in [1.165, 1.54) is 6.07 Å². The van der Waals surface area contributed by atoms with Crippen LogP contribution in [0.1, 0.15) is 13.3 Å². The quantitative estimate of drug-likeness (QED) is 0.475. The molecule has 0 bridgehead atoms. The second-order valence-electron chi connectivity index (χ2n) is 6.68. The highest BCUT2D eigenvalue weighted by molar-refractivity contribution is 5.91. The van der Waals surface area contributed by atoms with Gasteiger partial charge in [-0.3, -0.25) is 0 Å². The number of aliphatic hydroxyl groups is 1. The fraction of sp³-hybridized carbons (Fsp3) is 0.368. The molecule has 26 heavy (non-hydrogen) atoms. The Labute approximate surface area is 148 Å². The van der Waals surface area contributed by atoms with Gasteiger partial charge < -0.3 is 23.7 Å². The van der Waals surface area contributed by atoms with Gasteiger partial charge in [0.05, 0.1) is 17.8 Å². The third-order valence-electron chi connectivity index (χ3n) is 4.72. The Morgan fingerprint density at radius 3 is 2.81 bits per heavy atom. The highest BCUT2D eigenvalue weighted by atomic mass is 16.6. The summed E-state index contributed by atoms with van der Waals surface area (Å²) in [5.74, 6) is 0.103. The molecule has 3 atom stereocenters. The number of benzene rings is 1. The molecule has 0 amide bonds. The van der Waals surface area contributed by atoms with Gasteiger partial charge >= 0.3 is 11.6 Å². The smallest absolute Gasteiger partial charge is 0.336 e. The second-order valence-corrected chi connectivity index (χ2v) is 6.68. The molecule has 1 unspecified atom stereocenters. The molecule has 0 spiro atoms. The summed E-state index contributed by atoms with van der Waals surface area (Å²) in [5.41, 5.74) is -0.108. The molecule has 0 radical (unpaired) electrons. The lowest BCUT2D eigenvalue weighted by Crippen LogP contribution is -2.22. The van der Waals surface area contributed by atoms with Gasteiger partial charge in [0.1, 0.15) is 30.1 Å². The number of carbonyl (C=O) groups excluding carboxylic acids is 1. The van der Waals surface area contributed by atoms with Crippen molar-refractivity contribution in [1.82, 2.24) is 0 Å². The average Bonchev–Trinajstić information content (AvgIpc) is 3.11. The first kappa shape index (κ1) is 16.8. The van der Waals surface area contributed by atoms with Crippen molar-refractivity contribution in [3.63, 3.8) is 0 Å². The maximum absolute atomic E-state index is 11.5. The van der Waals surface area contributed by atoms with Gasteiger partial charge in [-0.1, -0.05) is 0 Å². The third kappa shape index (κ3) is 3.23. The van der Waals surface area contributed by atoms with Crippen molar-refractivity contribution in [3.8, 4) is 5.75 Å². The van der Waals surface area contributed by atoms with E-state index in [9.17, 15) is 9.59 Å². The maximum atomic E-state index is 11.5.